The molecule has 0 aromatic rings. The highest BCUT2D eigenvalue weighted by molar-refractivity contribution is 5.89. The maximum Gasteiger partial charge on any atom is 0.307 e. The van der Waals surface area contributed by atoms with Crippen LogP contribution < -0.4 is 5.32 Å². The van der Waals surface area contributed by atoms with Gasteiger partial charge in [-0.05, 0) is 49.9 Å². The molecule has 3 fully saturated rings. The predicted molar refractivity (Wildman–Crippen MR) is 65.8 cm³/mol. The van der Waals surface area contributed by atoms with Gasteiger partial charge in [0.05, 0.1) is 11.8 Å². The van der Waals surface area contributed by atoms with Crippen LogP contribution in [-0.2, 0) is 9.59 Å². The Hall–Kier alpha value is -1.06. The molecule has 3 aliphatic carbocycles. The number of carboxylic acids is 1. The van der Waals surface area contributed by atoms with Crippen LogP contribution in [-0.4, -0.2) is 23.5 Å². The quantitative estimate of drug-likeness (QED) is 0.780. The van der Waals surface area contributed by atoms with Crippen molar-refractivity contribution >= 4 is 11.9 Å². The van der Waals surface area contributed by atoms with Crippen molar-refractivity contribution in [1.29, 1.82) is 0 Å². The summed E-state index contributed by atoms with van der Waals surface area (Å²) in [4.78, 5) is 22.3. The maximum absolute atomic E-state index is 11.7. The van der Waals surface area contributed by atoms with Gasteiger partial charge in [0.15, 0.2) is 0 Å². The maximum atomic E-state index is 11.7. The molecule has 5 atom stereocenters. The molecule has 0 saturated heterocycles. The highest BCUT2D eigenvalue weighted by Gasteiger charge is 2.48. The van der Waals surface area contributed by atoms with E-state index in [-0.39, 0.29) is 11.8 Å². The first-order valence-corrected chi connectivity index (χ1v) is 7.15. The summed E-state index contributed by atoms with van der Waals surface area (Å²) in [7, 11) is 0. The number of carboxylic acid groups (broad SMARTS) is 1. The van der Waals surface area contributed by atoms with Gasteiger partial charge in [0.1, 0.15) is 0 Å². The lowest BCUT2D eigenvalue weighted by Crippen LogP contribution is -2.29. The minimum absolute atomic E-state index is 0.0504. The molecule has 3 aliphatic rings. The average molecular weight is 251 g/mol. The highest BCUT2D eigenvalue weighted by atomic mass is 16.4. The summed E-state index contributed by atoms with van der Waals surface area (Å²) in [5.41, 5.74) is 0. The second kappa shape index (κ2) is 4.56. The van der Waals surface area contributed by atoms with E-state index in [2.05, 4.69) is 5.32 Å². The molecule has 4 heteroatoms. The van der Waals surface area contributed by atoms with Gasteiger partial charge in [0.25, 0.3) is 0 Å². The highest BCUT2D eigenvalue weighted by Crippen LogP contribution is 2.49. The number of hydrogen-bond donors (Lipinski definition) is 2. The number of amides is 1. The molecule has 100 valence electrons. The molecular formula is C14H21NO3. The Kier molecular flexibility index (Phi) is 3.04. The van der Waals surface area contributed by atoms with Crippen LogP contribution in [0.2, 0.25) is 0 Å². The molecule has 3 rings (SSSR count). The summed E-state index contributed by atoms with van der Waals surface area (Å²) in [6.07, 6.45) is 7.15. The molecule has 0 heterocycles. The summed E-state index contributed by atoms with van der Waals surface area (Å²) >= 11 is 0. The first-order chi connectivity index (χ1) is 8.65. The first kappa shape index (κ1) is 12.0. The second-order valence-corrected chi connectivity index (χ2v) is 6.30. The van der Waals surface area contributed by atoms with Crippen LogP contribution in [0.15, 0.2) is 0 Å². The van der Waals surface area contributed by atoms with Crippen LogP contribution >= 0.6 is 0 Å². The molecule has 5 unspecified atom stereocenters. The zero-order chi connectivity index (χ0) is 12.7. The fourth-order valence-corrected chi connectivity index (χ4v) is 4.00. The van der Waals surface area contributed by atoms with Gasteiger partial charge in [-0.25, -0.2) is 0 Å². The van der Waals surface area contributed by atoms with E-state index in [1.807, 2.05) is 0 Å². The smallest absolute Gasteiger partial charge is 0.307 e. The van der Waals surface area contributed by atoms with Gasteiger partial charge >= 0.3 is 5.97 Å². The number of fused-ring (bicyclic) bond motifs is 2. The van der Waals surface area contributed by atoms with Gasteiger partial charge in [-0.3, -0.25) is 9.59 Å². The molecule has 0 aliphatic heterocycles. The molecule has 3 saturated carbocycles. The van der Waals surface area contributed by atoms with E-state index in [9.17, 15) is 9.59 Å². The second-order valence-electron chi connectivity index (χ2n) is 6.30. The first-order valence-electron chi connectivity index (χ1n) is 7.15. The number of carbonyl (C=O) groups is 2. The van der Waals surface area contributed by atoms with E-state index in [1.165, 1.54) is 25.7 Å². The molecule has 0 aromatic heterocycles. The topological polar surface area (TPSA) is 66.4 Å². The number of hydrogen-bond acceptors (Lipinski definition) is 2. The molecule has 0 radical (unpaired) electrons. The van der Waals surface area contributed by atoms with Gasteiger partial charge in [-0.15, -0.1) is 0 Å². The summed E-state index contributed by atoms with van der Waals surface area (Å²) < 4.78 is 0. The summed E-state index contributed by atoms with van der Waals surface area (Å²) in [5.74, 6) is 1.09. The summed E-state index contributed by atoms with van der Waals surface area (Å²) in [5, 5.41) is 11.7. The number of carbonyl (C=O) groups excluding carboxylic acids is 1. The van der Waals surface area contributed by atoms with Crippen LogP contribution in [0.4, 0.5) is 0 Å². The molecule has 2 bridgehead atoms. The predicted octanol–water partition coefficient (Wildman–Crippen LogP) is 1.65. The van der Waals surface area contributed by atoms with Gasteiger partial charge in [-0.2, -0.15) is 0 Å². The van der Waals surface area contributed by atoms with Gasteiger partial charge < -0.3 is 10.4 Å². The van der Waals surface area contributed by atoms with Gasteiger partial charge in [-0.1, -0.05) is 6.42 Å². The zero-order valence-electron chi connectivity index (χ0n) is 10.6. The average Bonchev–Trinajstić information content (AvgIpc) is 2.90. The monoisotopic (exact) mass is 251 g/mol. The lowest BCUT2D eigenvalue weighted by Gasteiger charge is -2.21. The van der Waals surface area contributed by atoms with Crippen LogP contribution in [0.1, 0.15) is 38.5 Å². The Bertz CT molecular complexity index is 368. The van der Waals surface area contributed by atoms with Crippen molar-refractivity contribution in [2.24, 2.45) is 29.6 Å². The van der Waals surface area contributed by atoms with Crippen molar-refractivity contribution in [3.8, 4) is 0 Å². The fourth-order valence-electron chi connectivity index (χ4n) is 4.00. The van der Waals surface area contributed by atoms with Crippen molar-refractivity contribution in [2.75, 3.05) is 6.54 Å². The molecular weight excluding hydrogens is 230 g/mol. The number of nitrogens with one attached hydrogen (secondary N) is 1. The largest absolute Gasteiger partial charge is 0.481 e. The van der Waals surface area contributed by atoms with Crippen molar-refractivity contribution in [3.63, 3.8) is 0 Å². The lowest BCUT2D eigenvalue weighted by atomic mass is 9.86. The Morgan fingerprint density at radius 2 is 1.94 bits per heavy atom. The Morgan fingerprint density at radius 3 is 2.50 bits per heavy atom. The van der Waals surface area contributed by atoms with E-state index >= 15 is 0 Å². The number of rotatable bonds is 5. The summed E-state index contributed by atoms with van der Waals surface area (Å²) in [6.45, 7) is 0.732. The third kappa shape index (κ3) is 2.25. The van der Waals surface area contributed by atoms with Crippen LogP contribution in [0.3, 0.4) is 0 Å². The zero-order valence-corrected chi connectivity index (χ0v) is 10.6. The molecule has 4 nitrogen and oxygen atoms in total. The summed E-state index contributed by atoms with van der Waals surface area (Å²) in [6, 6.07) is 0. The van der Waals surface area contributed by atoms with E-state index in [0.29, 0.717) is 6.42 Å². The molecule has 18 heavy (non-hydrogen) atoms. The van der Waals surface area contributed by atoms with Crippen molar-refractivity contribution in [3.05, 3.63) is 0 Å². The minimum Gasteiger partial charge on any atom is -0.481 e. The Balaban J connectivity index is 1.36. The van der Waals surface area contributed by atoms with Crippen LogP contribution in [0, 0.1) is 29.6 Å². The minimum atomic E-state index is -0.830. The van der Waals surface area contributed by atoms with Crippen molar-refractivity contribution in [1.82, 2.24) is 5.32 Å². The molecule has 1 amide bonds. The van der Waals surface area contributed by atoms with Crippen LogP contribution in [0.5, 0.6) is 0 Å². The van der Waals surface area contributed by atoms with Crippen molar-refractivity contribution in [2.45, 2.75) is 38.5 Å². The fraction of sp³-hybridized carbons (Fsp3) is 0.857. The standard InChI is InChI=1S/C14H21NO3/c16-13(11-7-12(11)14(17)18)15-4-3-10-6-8-1-2-9(10)5-8/h8-12H,1-7H2,(H,15,16)(H,17,18). The SMILES string of the molecule is O=C(O)C1CC1C(=O)NCCC1CC2CCC1C2. The third-order valence-corrected chi connectivity index (χ3v) is 5.14. The van der Waals surface area contributed by atoms with E-state index < -0.39 is 11.9 Å². The van der Waals surface area contributed by atoms with E-state index in [1.54, 1.807) is 0 Å². The Labute approximate surface area is 107 Å². The van der Waals surface area contributed by atoms with E-state index in [0.717, 1.165) is 30.7 Å². The van der Waals surface area contributed by atoms with Crippen LogP contribution in [0.25, 0.3) is 0 Å². The normalized spacial score (nSPS) is 40.8. The molecule has 0 spiro atoms. The van der Waals surface area contributed by atoms with Gasteiger partial charge in [0.2, 0.25) is 5.91 Å². The third-order valence-electron chi connectivity index (χ3n) is 5.14. The lowest BCUT2D eigenvalue weighted by molar-refractivity contribution is -0.140. The number of aliphatic carboxylic acids is 1. The van der Waals surface area contributed by atoms with Crippen molar-refractivity contribution < 1.29 is 14.7 Å². The van der Waals surface area contributed by atoms with E-state index in [4.69, 9.17) is 5.11 Å². The molecule has 2 N–H and O–H groups in total. The van der Waals surface area contributed by atoms with Gasteiger partial charge in [0, 0.05) is 6.54 Å². The Morgan fingerprint density at radius 1 is 1.11 bits per heavy atom. The molecule has 0 aromatic carbocycles.